The second-order valence-electron chi connectivity index (χ2n) is 7.98. The molecule has 1 aliphatic carbocycles. The summed E-state index contributed by atoms with van der Waals surface area (Å²) in [4.78, 5) is 7.33. The maximum atomic E-state index is 14.0. The van der Waals surface area contributed by atoms with E-state index in [1.165, 1.54) is 13.2 Å². The van der Waals surface area contributed by atoms with Gasteiger partial charge in [0.1, 0.15) is 29.8 Å². The average molecular weight is 473 g/mol. The number of dihydropyridines is 1. The summed E-state index contributed by atoms with van der Waals surface area (Å²) in [5.41, 5.74) is 0.0936. The van der Waals surface area contributed by atoms with Crippen molar-refractivity contribution in [3.8, 4) is 22.8 Å². The van der Waals surface area contributed by atoms with Gasteiger partial charge in [-0.25, -0.2) is 18.2 Å². The van der Waals surface area contributed by atoms with Crippen LogP contribution in [-0.4, -0.2) is 42.3 Å². The van der Waals surface area contributed by atoms with Crippen molar-refractivity contribution in [2.24, 2.45) is 0 Å². The Hall–Kier alpha value is -3.11. The molecule has 0 radical (unpaired) electrons. The van der Waals surface area contributed by atoms with E-state index in [-0.39, 0.29) is 31.1 Å². The zero-order valence-corrected chi connectivity index (χ0v) is 17.5. The van der Waals surface area contributed by atoms with Crippen LogP contribution in [0.5, 0.6) is 11.5 Å². The molecule has 1 unspecified atom stereocenters. The first-order valence-electron chi connectivity index (χ1n) is 10.2. The Morgan fingerprint density at radius 3 is 2.67 bits per heavy atom. The number of halogens is 6. The highest BCUT2D eigenvalue weighted by atomic mass is 19.4. The fourth-order valence-corrected chi connectivity index (χ4v) is 3.88. The fraction of sp³-hybridized carbons (Fsp3) is 0.409. The number of allylic oxidation sites excluding steroid dienone is 2. The number of benzene rings is 1. The summed E-state index contributed by atoms with van der Waals surface area (Å²) in [5.74, 6) is -2.88. The van der Waals surface area contributed by atoms with Gasteiger partial charge in [0.25, 0.3) is 0 Å². The van der Waals surface area contributed by atoms with Crippen molar-refractivity contribution >= 4 is 0 Å². The Kier molecular flexibility index (Phi) is 6.06. The molecule has 1 aromatic heterocycles. The van der Waals surface area contributed by atoms with Crippen LogP contribution < -0.4 is 14.8 Å². The number of imidazole rings is 1. The molecule has 2 heterocycles. The molecule has 1 atom stereocenters. The molecule has 1 fully saturated rings. The highest BCUT2D eigenvalue weighted by Gasteiger charge is 2.41. The molecule has 11 heteroatoms. The smallest absolute Gasteiger partial charge is 0.414 e. The molecule has 4 rings (SSSR count). The molecule has 0 amide bonds. The van der Waals surface area contributed by atoms with Crippen LogP contribution in [0.2, 0.25) is 0 Å². The fourth-order valence-electron chi connectivity index (χ4n) is 3.88. The van der Waals surface area contributed by atoms with Gasteiger partial charge in [0.05, 0.1) is 30.3 Å². The second-order valence-corrected chi connectivity index (χ2v) is 7.98. The predicted molar refractivity (Wildman–Crippen MR) is 108 cm³/mol. The lowest BCUT2D eigenvalue weighted by Crippen LogP contribution is -2.30. The van der Waals surface area contributed by atoms with Crippen molar-refractivity contribution in [2.75, 3.05) is 20.3 Å². The normalized spacial score (nSPS) is 20.5. The number of hydrogen-bond donors (Lipinski definition) is 2. The zero-order valence-electron chi connectivity index (χ0n) is 17.5. The molecule has 33 heavy (non-hydrogen) atoms. The molecule has 1 saturated carbocycles. The maximum Gasteiger partial charge on any atom is 0.414 e. The van der Waals surface area contributed by atoms with Gasteiger partial charge < -0.3 is 19.8 Å². The van der Waals surface area contributed by atoms with Crippen LogP contribution >= 0.6 is 0 Å². The highest BCUT2D eigenvalue weighted by molar-refractivity contribution is 5.68. The number of ether oxygens (including phenoxy) is 2. The molecule has 2 aliphatic rings. The second kappa shape index (κ2) is 8.68. The third kappa shape index (κ3) is 5.12. The van der Waals surface area contributed by atoms with Gasteiger partial charge >= 0.3 is 6.18 Å². The lowest BCUT2D eigenvalue weighted by molar-refractivity contribution is -0.0932. The first-order valence-corrected chi connectivity index (χ1v) is 10.2. The van der Waals surface area contributed by atoms with E-state index in [0.29, 0.717) is 41.1 Å². The van der Waals surface area contributed by atoms with Gasteiger partial charge in [-0.2, -0.15) is 13.2 Å². The van der Waals surface area contributed by atoms with Crippen molar-refractivity contribution in [1.29, 1.82) is 0 Å². The van der Waals surface area contributed by atoms with Gasteiger partial charge in [-0.3, -0.25) is 0 Å². The van der Waals surface area contributed by atoms with E-state index < -0.39 is 30.0 Å². The highest BCUT2D eigenvalue weighted by Crippen LogP contribution is 2.44. The van der Waals surface area contributed by atoms with Crippen molar-refractivity contribution in [3.63, 3.8) is 0 Å². The molecule has 1 aromatic carbocycles. The Morgan fingerprint density at radius 2 is 2.03 bits per heavy atom. The number of aromatic amines is 1. The van der Waals surface area contributed by atoms with E-state index in [4.69, 9.17) is 9.47 Å². The van der Waals surface area contributed by atoms with Crippen LogP contribution in [0.4, 0.5) is 26.3 Å². The minimum Gasteiger partial charge on any atom is -0.496 e. The van der Waals surface area contributed by atoms with Crippen LogP contribution in [0, 0.1) is 0 Å². The van der Waals surface area contributed by atoms with E-state index in [0.717, 1.165) is 0 Å². The molecule has 1 aliphatic heterocycles. The number of H-pyrrole nitrogens is 1. The maximum absolute atomic E-state index is 14.0. The average Bonchev–Trinajstić information content (AvgIpc) is 3.38. The Bertz CT molecular complexity index is 1090. The van der Waals surface area contributed by atoms with Crippen LogP contribution in [0.15, 0.2) is 47.6 Å². The number of hydrogen-bond acceptors (Lipinski definition) is 4. The van der Waals surface area contributed by atoms with Gasteiger partial charge in [0, 0.05) is 36.9 Å². The Morgan fingerprint density at radius 1 is 1.24 bits per heavy atom. The minimum absolute atomic E-state index is 0.0994. The third-order valence-corrected chi connectivity index (χ3v) is 5.68. The van der Waals surface area contributed by atoms with Crippen LogP contribution in [0.3, 0.4) is 0 Å². The van der Waals surface area contributed by atoms with Crippen LogP contribution in [0.1, 0.15) is 31.0 Å². The molecule has 0 bridgehead atoms. The summed E-state index contributed by atoms with van der Waals surface area (Å²) >= 11 is 0. The van der Waals surface area contributed by atoms with Crippen LogP contribution in [-0.2, 0) is 0 Å². The monoisotopic (exact) mass is 473 g/mol. The minimum atomic E-state index is -4.61. The number of nitrogens with one attached hydrogen (secondary N) is 2. The summed E-state index contributed by atoms with van der Waals surface area (Å²) < 4.78 is 90.0. The first kappa shape index (κ1) is 23.1. The van der Waals surface area contributed by atoms with Gasteiger partial charge in [-0.15, -0.1) is 0 Å². The van der Waals surface area contributed by atoms with Crippen molar-refractivity contribution in [1.82, 2.24) is 15.3 Å². The largest absolute Gasteiger partial charge is 0.496 e. The van der Waals surface area contributed by atoms with E-state index >= 15 is 0 Å². The summed E-state index contributed by atoms with van der Waals surface area (Å²) in [6, 6.07) is 4.79. The molecule has 0 saturated heterocycles. The molecule has 2 N–H and O–H groups in total. The van der Waals surface area contributed by atoms with Crippen molar-refractivity contribution in [2.45, 2.75) is 37.3 Å². The van der Waals surface area contributed by atoms with E-state index in [9.17, 15) is 26.3 Å². The number of rotatable bonds is 6. The van der Waals surface area contributed by atoms with Crippen molar-refractivity contribution < 1.29 is 35.8 Å². The summed E-state index contributed by atoms with van der Waals surface area (Å²) in [7, 11) is 1.44. The third-order valence-electron chi connectivity index (χ3n) is 5.68. The molecular weight excluding hydrogens is 452 g/mol. The predicted octanol–water partition coefficient (Wildman–Crippen LogP) is 5.64. The SMILES string of the molecule is COc1cc(OCC2=C(F)C=C(C(F)(F)F)CN2)ccc1-c1cnc(C2CCC(F)(F)C2)[nH]1. The lowest BCUT2D eigenvalue weighted by Gasteiger charge is -2.20. The molecule has 5 nitrogen and oxygen atoms in total. The Balaban J connectivity index is 1.47. The van der Waals surface area contributed by atoms with Gasteiger partial charge in [-0.1, -0.05) is 0 Å². The standard InChI is InChI=1S/C22H21F6N3O2/c1-32-19-7-14(33-11-18-16(23)6-13(9-29-18)22(26,27)28)2-3-15(19)17-10-30-20(31-17)12-4-5-21(24,25)8-12/h2-3,6-7,10,12,29H,4-5,8-9,11H2,1H3,(H,30,31). The quantitative estimate of drug-likeness (QED) is 0.534. The summed E-state index contributed by atoms with van der Waals surface area (Å²) in [5, 5.41) is 2.39. The number of methoxy groups -OCH3 is 1. The van der Waals surface area contributed by atoms with E-state index in [1.54, 1.807) is 18.3 Å². The van der Waals surface area contributed by atoms with Gasteiger partial charge in [0.15, 0.2) is 0 Å². The number of aromatic nitrogens is 2. The summed E-state index contributed by atoms with van der Waals surface area (Å²) in [6.45, 7) is -0.854. The number of nitrogens with zero attached hydrogens (tertiary/aromatic N) is 1. The molecule has 0 spiro atoms. The van der Waals surface area contributed by atoms with Gasteiger partial charge in [-0.05, 0) is 24.6 Å². The molecule has 178 valence electrons. The Labute approximate surface area is 185 Å². The van der Waals surface area contributed by atoms with Gasteiger partial charge in [0.2, 0.25) is 5.92 Å². The zero-order chi connectivity index (χ0) is 23.8. The van der Waals surface area contributed by atoms with E-state index in [1.807, 2.05) is 0 Å². The lowest BCUT2D eigenvalue weighted by atomic mass is 10.1. The topological polar surface area (TPSA) is 59.2 Å². The molecule has 2 aromatic rings. The molecular formula is C22H21F6N3O2. The van der Waals surface area contributed by atoms with E-state index in [2.05, 4.69) is 15.3 Å². The number of alkyl halides is 5. The van der Waals surface area contributed by atoms with Crippen LogP contribution in [0.25, 0.3) is 11.3 Å². The van der Waals surface area contributed by atoms with Crippen molar-refractivity contribution in [3.05, 3.63) is 53.4 Å². The first-order chi connectivity index (χ1) is 15.6. The summed E-state index contributed by atoms with van der Waals surface area (Å²) in [6.07, 6.45) is -2.67.